The topological polar surface area (TPSA) is 69.0 Å². The Labute approximate surface area is 144 Å². The van der Waals surface area contributed by atoms with Crippen molar-refractivity contribution in [3.8, 4) is 17.0 Å². The number of hydrogen-bond donors (Lipinski definition) is 1. The third kappa shape index (κ3) is 4.63. The molecule has 3 aromatic rings. The fourth-order valence-electron chi connectivity index (χ4n) is 2.18. The lowest BCUT2D eigenvalue weighted by Crippen LogP contribution is -2.28. The maximum atomic E-state index is 12.8. The van der Waals surface area contributed by atoms with Gasteiger partial charge in [0, 0.05) is 31.5 Å². The number of benzene rings is 1. The molecule has 0 fully saturated rings. The van der Waals surface area contributed by atoms with Crippen LogP contribution in [0, 0.1) is 5.82 Å². The van der Waals surface area contributed by atoms with E-state index in [0.29, 0.717) is 12.3 Å². The summed E-state index contributed by atoms with van der Waals surface area (Å²) in [5.74, 6) is -0.168. The van der Waals surface area contributed by atoms with Crippen LogP contribution < -0.4 is 10.1 Å². The van der Waals surface area contributed by atoms with Gasteiger partial charge in [-0.2, -0.15) is 5.10 Å². The molecule has 0 unspecified atom stereocenters. The maximum absolute atomic E-state index is 12.8. The van der Waals surface area contributed by atoms with Gasteiger partial charge in [-0.25, -0.2) is 4.39 Å². The summed E-state index contributed by atoms with van der Waals surface area (Å²) in [5.41, 5.74) is 2.64. The number of carbonyl (C=O) groups is 1. The first kappa shape index (κ1) is 16.6. The molecule has 1 amide bonds. The quantitative estimate of drug-likeness (QED) is 0.748. The number of pyridine rings is 1. The van der Waals surface area contributed by atoms with Crippen molar-refractivity contribution in [1.82, 2.24) is 20.1 Å². The summed E-state index contributed by atoms with van der Waals surface area (Å²) in [6.45, 7) is 0.221. The fourth-order valence-corrected chi connectivity index (χ4v) is 2.18. The lowest BCUT2D eigenvalue weighted by Gasteiger charge is -2.08. The highest BCUT2D eigenvalue weighted by atomic mass is 19.1. The van der Waals surface area contributed by atoms with Crippen molar-refractivity contribution in [2.75, 3.05) is 6.61 Å². The van der Waals surface area contributed by atoms with Crippen LogP contribution >= 0.6 is 0 Å². The maximum Gasteiger partial charge on any atom is 0.258 e. The van der Waals surface area contributed by atoms with Crippen LogP contribution in [0.2, 0.25) is 0 Å². The lowest BCUT2D eigenvalue weighted by atomic mass is 10.2. The van der Waals surface area contributed by atoms with Gasteiger partial charge >= 0.3 is 0 Å². The Balaban J connectivity index is 1.47. The summed E-state index contributed by atoms with van der Waals surface area (Å²) in [6, 6.07) is 9.29. The Bertz CT molecular complexity index is 844. The molecule has 7 heteroatoms. The van der Waals surface area contributed by atoms with Crippen LogP contribution in [0.25, 0.3) is 11.3 Å². The standard InChI is InChI=1S/C18H17FN4O2/c1-23-11-14(10-22-23)17-7-2-13(8-20-17)9-21-18(24)12-25-16-5-3-15(19)4-6-16/h2-8,10-11H,9,12H2,1H3,(H,21,24). The monoisotopic (exact) mass is 340 g/mol. The molecule has 0 atom stereocenters. The van der Waals surface area contributed by atoms with E-state index in [1.54, 1.807) is 17.1 Å². The zero-order valence-electron chi connectivity index (χ0n) is 13.6. The number of hydrogen-bond acceptors (Lipinski definition) is 4. The van der Waals surface area contributed by atoms with Crippen molar-refractivity contribution in [3.63, 3.8) is 0 Å². The van der Waals surface area contributed by atoms with E-state index in [2.05, 4.69) is 15.4 Å². The van der Waals surface area contributed by atoms with Crippen LogP contribution in [0.3, 0.4) is 0 Å². The first-order chi connectivity index (χ1) is 12.1. The van der Waals surface area contributed by atoms with Crippen molar-refractivity contribution >= 4 is 5.91 Å². The van der Waals surface area contributed by atoms with E-state index in [4.69, 9.17) is 4.74 Å². The van der Waals surface area contributed by atoms with Gasteiger partial charge in [0.05, 0.1) is 11.9 Å². The molecule has 0 bridgehead atoms. The Hall–Kier alpha value is -3.22. The van der Waals surface area contributed by atoms with E-state index in [1.807, 2.05) is 25.4 Å². The van der Waals surface area contributed by atoms with Gasteiger partial charge < -0.3 is 10.1 Å². The molecule has 0 spiro atoms. The van der Waals surface area contributed by atoms with Crippen molar-refractivity contribution in [3.05, 3.63) is 66.4 Å². The van der Waals surface area contributed by atoms with Crippen LogP contribution in [0.1, 0.15) is 5.56 Å². The predicted octanol–water partition coefficient (Wildman–Crippen LogP) is 2.32. The average Bonchev–Trinajstić information content (AvgIpc) is 3.06. The third-order valence-corrected chi connectivity index (χ3v) is 3.50. The Morgan fingerprint density at radius 3 is 2.64 bits per heavy atom. The summed E-state index contributed by atoms with van der Waals surface area (Å²) in [7, 11) is 1.85. The molecule has 1 N–H and O–H groups in total. The summed E-state index contributed by atoms with van der Waals surface area (Å²) in [6.07, 6.45) is 5.34. The van der Waals surface area contributed by atoms with Gasteiger partial charge in [0.25, 0.3) is 5.91 Å². The van der Waals surface area contributed by atoms with Crippen molar-refractivity contribution < 1.29 is 13.9 Å². The number of carbonyl (C=O) groups excluding carboxylic acids is 1. The Morgan fingerprint density at radius 2 is 2.00 bits per heavy atom. The van der Waals surface area contributed by atoms with Gasteiger partial charge in [0.2, 0.25) is 0 Å². The van der Waals surface area contributed by atoms with Crippen LogP contribution in [-0.2, 0) is 18.4 Å². The average molecular weight is 340 g/mol. The highest BCUT2D eigenvalue weighted by molar-refractivity contribution is 5.77. The Kier molecular flexibility index (Phi) is 5.03. The zero-order valence-corrected chi connectivity index (χ0v) is 13.6. The Morgan fingerprint density at radius 1 is 1.20 bits per heavy atom. The molecule has 25 heavy (non-hydrogen) atoms. The number of aromatic nitrogens is 3. The number of nitrogens with one attached hydrogen (secondary N) is 1. The molecule has 0 aliphatic carbocycles. The third-order valence-electron chi connectivity index (χ3n) is 3.50. The van der Waals surface area contributed by atoms with Gasteiger partial charge in [-0.1, -0.05) is 6.07 Å². The second-order valence-corrected chi connectivity index (χ2v) is 5.47. The molecule has 0 aliphatic heterocycles. The van der Waals surface area contributed by atoms with Crippen LogP contribution in [-0.4, -0.2) is 27.3 Å². The van der Waals surface area contributed by atoms with Gasteiger partial charge in [0.15, 0.2) is 6.61 Å². The molecule has 0 saturated heterocycles. The highest BCUT2D eigenvalue weighted by Crippen LogP contribution is 2.15. The van der Waals surface area contributed by atoms with E-state index >= 15 is 0 Å². The largest absolute Gasteiger partial charge is 0.484 e. The summed E-state index contributed by atoms with van der Waals surface area (Å²) in [4.78, 5) is 16.2. The number of halogens is 1. The molecular weight excluding hydrogens is 323 g/mol. The van der Waals surface area contributed by atoms with Gasteiger partial charge in [-0.3, -0.25) is 14.5 Å². The van der Waals surface area contributed by atoms with E-state index in [1.165, 1.54) is 24.3 Å². The molecule has 1 aromatic carbocycles. The van der Waals surface area contributed by atoms with Crippen LogP contribution in [0.5, 0.6) is 5.75 Å². The molecule has 2 aromatic heterocycles. The lowest BCUT2D eigenvalue weighted by molar-refractivity contribution is -0.123. The highest BCUT2D eigenvalue weighted by Gasteiger charge is 2.05. The second kappa shape index (κ2) is 7.57. The van der Waals surface area contributed by atoms with E-state index in [0.717, 1.165) is 16.8 Å². The smallest absolute Gasteiger partial charge is 0.258 e. The molecular formula is C18H17FN4O2. The van der Waals surface area contributed by atoms with E-state index in [9.17, 15) is 9.18 Å². The van der Waals surface area contributed by atoms with E-state index < -0.39 is 0 Å². The number of nitrogens with zero attached hydrogens (tertiary/aromatic N) is 3. The molecule has 6 nitrogen and oxygen atoms in total. The first-order valence-electron chi connectivity index (χ1n) is 7.69. The minimum absolute atomic E-state index is 0.132. The molecule has 0 saturated carbocycles. The molecule has 128 valence electrons. The molecule has 0 aliphatic rings. The fraction of sp³-hybridized carbons (Fsp3) is 0.167. The van der Waals surface area contributed by atoms with Crippen molar-refractivity contribution in [2.45, 2.75) is 6.54 Å². The minimum Gasteiger partial charge on any atom is -0.484 e. The number of aryl methyl sites for hydroxylation is 1. The van der Waals surface area contributed by atoms with Gasteiger partial charge in [-0.15, -0.1) is 0 Å². The second-order valence-electron chi connectivity index (χ2n) is 5.47. The molecule has 0 radical (unpaired) electrons. The number of amides is 1. The van der Waals surface area contributed by atoms with Gasteiger partial charge in [-0.05, 0) is 35.9 Å². The van der Waals surface area contributed by atoms with Gasteiger partial charge in [0.1, 0.15) is 11.6 Å². The van der Waals surface area contributed by atoms with Crippen molar-refractivity contribution in [2.24, 2.45) is 7.05 Å². The number of ether oxygens (including phenoxy) is 1. The van der Waals surface area contributed by atoms with Crippen molar-refractivity contribution in [1.29, 1.82) is 0 Å². The predicted molar refractivity (Wildman–Crippen MR) is 90.2 cm³/mol. The summed E-state index contributed by atoms with van der Waals surface area (Å²) in [5, 5.41) is 6.86. The normalized spacial score (nSPS) is 10.5. The zero-order chi connectivity index (χ0) is 17.6. The number of rotatable bonds is 6. The van der Waals surface area contributed by atoms with E-state index in [-0.39, 0.29) is 18.3 Å². The SMILES string of the molecule is Cn1cc(-c2ccc(CNC(=O)COc3ccc(F)cc3)cn2)cn1. The minimum atomic E-state index is -0.348. The molecule has 2 heterocycles. The summed E-state index contributed by atoms with van der Waals surface area (Å²) < 4.78 is 19.8. The summed E-state index contributed by atoms with van der Waals surface area (Å²) >= 11 is 0. The first-order valence-corrected chi connectivity index (χ1v) is 7.69. The van der Waals surface area contributed by atoms with Crippen LogP contribution in [0.4, 0.5) is 4.39 Å². The molecule has 3 rings (SSSR count). The van der Waals surface area contributed by atoms with Crippen LogP contribution in [0.15, 0.2) is 55.0 Å².